The van der Waals surface area contributed by atoms with Gasteiger partial charge in [0, 0.05) is 21.9 Å². The molecule has 1 atom stereocenters. The Kier molecular flexibility index (Phi) is 3.34. The highest BCUT2D eigenvalue weighted by Gasteiger charge is 2.21. The van der Waals surface area contributed by atoms with Crippen LogP contribution in [0.15, 0.2) is 10.8 Å². The fourth-order valence-electron chi connectivity index (χ4n) is 1.40. The average Bonchev–Trinajstić information content (AvgIpc) is 2.83. The molecule has 0 aliphatic rings. The van der Waals surface area contributed by atoms with Crippen LogP contribution in [0.3, 0.4) is 0 Å². The molecule has 0 aliphatic carbocycles. The predicted molar refractivity (Wildman–Crippen MR) is 73.7 cm³/mol. The van der Waals surface area contributed by atoms with Gasteiger partial charge in [0.2, 0.25) is 0 Å². The van der Waals surface area contributed by atoms with Crippen LogP contribution in [0, 0.1) is 6.92 Å². The first kappa shape index (κ1) is 12.7. The lowest BCUT2D eigenvalue weighted by atomic mass is 9.93. The minimum atomic E-state index is -0.185. The van der Waals surface area contributed by atoms with Crippen molar-refractivity contribution in [1.82, 2.24) is 9.97 Å². The first-order valence-electron chi connectivity index (χ1n) is 5.51. The maximum absolute atomic E-state index is 6.18. The van der Waals surface area contributed by atoms with Gasteiger partial charge in [0.05, 0.1) is 5.69 Å². The lowest BCUT2D eigenvalue weighted by Gasteiger charge is -2.14. The van der Waals surface area contributed by atoms with Crippen molar-refractivity contribution in [1.29, 1.82) is 0 Å². The first-order valence-corrected chi connectivity index (χ1v) is 7.27. The highest BCUT2D eigenvalue weighted by molar-refractivity contribution is 7.11. The van der Waals surface area contributed by atoms with E-state index in [1.807, 2.05) is 12.3 Å². The van der Waals surface area contributed by atoms with Gasteiger partial charge in [-0.25, -0.2) is 9.97 Å². The Labute approximate surface area is 110 Å². The molecule has 0 amide bonds. The van der Waals surface area contributed by atoms with Crippen LogP contribution in [0.2, 0.25) is 0 Å². The summed E-state index contributed by atoms with van der Waals surface area (Å²) in [4.78, 5) is 9.05. The minimum absolute atomic E-state index is 0.0767. The zero-order chi connectivity index (χ0) is 12.6. The van der Waals surface area contributed by atoms with Crippen molar-refractivity contribution >= 4 is 22.7 Å². The lowest BCUT2D eigenvalue weighted by Crippen LogP contribution is -2.14. The Morgan fingerprint density at radius 1 is 1.12 bits per heavy atom. The molecule has 92 valence electrons. The van der Waals surface area contributed by atoms with E-state index in [2.05, 4.69) is 36.1 Å². The number of hydrogen-bond acceptors (Lipinski definition) is 5. The molecule has 0 saturated heterocycles. The van der Waals surface area contributed by atoms with Crippen LogP contribution in [0.4, 0.5) is 0 Å². The van der Waals surface area contributed by atoms with E-state index in [-0.39, 0.29) is 11.5 Å². The Morgan fingerprint density at radius 3 is 2.18 bits per heavy atom. The van der Waals surface area contributed by atoms with E-state index < -0.39 is 0 Å². The molecule has 0 saturated carbocycles. The lowest BCUT2D eigenvalue weighted by molar-refractivity contribution is 0.569. The van der Waals surface area contributed by atoms with Crippen LogP contribution in [0.1, 0.15) is 48.2 Å². The number of nitrogens with zero attached hydrogens (tertiary/aromatic N) is 2. The molecule has 2 aromatic heterocycles. The Balaban J connectivity index is 2.26. The maximum atomic E-state index is 6.18. The third-order valence-electron chi connectivity index (χ3n) is 2.46. The van der Waals surface area contributed by atoms with Gasteiger partial charge >= 0.3 is 0 Å². The number of hydrogen-bond donors (Lipinski definition) is 1. The van der Waals surface area contributed by atoms with Gasteiger partial charge in [0.15, 0.2) is 0 Å². The number of aryl methyl sites for hydroxylation is 1. The van der Waals surface area contributed by atoms with Crippen molar-refractivity contribution in [2.24, 2.45) is 5.73 Å². The summed E-state index contributed by atoms with van der Waals surface area (Å²) >= 11 is 3.22. The maximum Gasteiger partial charge on any atom is 0.117 e. The van der Waals surface area contributed by atoms with Gasteiger partial charge in [-0.05, 0) is 6.92 Å². The molecule has 2 rings (SSSR count). The second-order valence-corrected chi connectivity index (χ2v) is 6.91. The monoisotopic (exact) mass is 267 g/mol. The zero-order valence-corrected chi connectivity index (χ0v) is 12.2. The summed E-state index contributed by atoms with van der Waals surface area (Å²) in [5.41, 5.74) is 8.38. The summed E-state index contributed by atoms with van der Waals surface area (Å²) in [5, 5.41) is 6.00. The Morgan fingerprint density at radius 2 is 1.71 bits per heavy atom. The van der Waals surface area contributed by atoms with Gasteiger partial charge in [-0.1, -0.05) is 20.8 Å². The van der Waals surface area contributed by atoms with Crippen molar-refractivity contribution in [2.45, 2.75) is 39.2 Å². The van der Waals surface area contributed by atoms with Crippen LogP contribution in [-0.4, -0.2) is 9.97 Å². The topological polar surface area (TPSA) is 51.8 Å². The van der Waals surface area contributed by atoms with E-state index in [0.717, 1.165) is 21.4 Å². The zero-order valence-electron chi connectivity index (χ0n) is 10.5. The summed E-state index contributed by atoms with van der Waals surface area (Å²) in [6, 6.07) is -0.185. The number of nitrogens with two attached hydrogens (primary N) is 1. The van der Waals surface area contributed by atoms with Gasteiger partial charge in [-0.15, -0.1) is 22.7 Å². The number of aromatic nitrogens is 2. The fraction of sp³-hybridized carbons (Fsp3) is 0.500. The number of thiazole rings is 2. The second-order valence-electron chi connectivity index (χ2n) is 5.13. The fourth-order valence-corrected chi connectivity index (χ4v) is 3.32. The van der Waals surface area contributed by atoms with E-state index in [0.29, 0.717) is 0 Å². The molecule has 1 unspecified atom stereocenters. The standard InChI is InChI=1S/C12H17N3S2/c1-7-5-16-10(14-7)9(13)11-15-8(6-17-11)12(2,3)4/h5-6,9H,13H2,1-4H3. The van der Waals surface area contributed by atoms with Crippen molar-refractivity contribution in [3.63, 3.8) is 0 Å². The normalized spacial score (nSPS) is 13.9. The van der Waals surface area contributed by atoms with E-state index >= 15 is 0 Å². The molecular weight excluding hydrogens is 250 g/mol. The molecule has 2 N–H and O–H groups in total. The van der Waals surface area contributed by atoms with Gasteiger partial charge < -0.3 is 5.73 Å². The summed E-state index contributed by atoms with van der Waals surface area (Å²) in [7, 11) is 0. The van der Waals surface area contributed by atoms with E-state index in [4.69, 9.17) is 5.73 Å². The molecule has 0 radical (unpaired) electrons. The van der Waals surface area contributed by atoms with Gasteiger partial charge in [0.25, 0.3) is 0 Å². The molecular formula is C12H17N3S2. The molecule has 3 nitrogen and oxygen atoms in total. The molecule has 0 fully saturated rings. The Bertz CT molecular complexity index is 508. The summed E-state index contributed by atoms with van der Waals surface area (Å²) in [6.07, 6.45) is 0. The van der Waals surface area contributed by atoms with Gasteiger partial charge in [-0.2, -0.15) is 0 Å². The molecule has 2 heterocycles. The van der Waals surface area contributed by atoms with Crippen LogP contribution in [0.5, 0.6) is 0 Å². The average molecular weight is 267 g/mol. The van der Waals surface area contributed by atoms with E-state index in [1.165, 1.54) is 0 Å². The van der Waals surface area contributed by atoms with Crippen LogP contribution >= 0.6 is 22.7 Å². The quantitative estimate of drug-likeness (QED) is 0.908. The van der Waals surface area contributed by atoms with Crippen LogP contribution in [-0.2, 0) is 5.41 Å². The molecule has 17 heavy (non-hydrogen) atoms. The highest BCUT2D eigenvalue weighted by atomic mass is 32.1. The molecule has 0 spiro atoms. The van der Waals surface area contributed by atoms with Gasteiger partial charge in [0.1, 0.15) is 16.1 Å². The van der Waals surface area contributed by atoms with E-state index in [1.54, 1.807) is 22.7 Å². The third kappa shape index (κ3) is 2.73. The molecule has 0 aliphatic heterocycles. The highest BCUT2D eigenvalue weighted by Crippen LogP contribution is 2.29. The molecule has 0 bridgehead atoms. The van der Waals surface area contributed by atoms with Crippen molar-refractivity contribution < 1.29 is 0 Å². The Hall–Kier alpha value is -0.780. The first-order chi connectivity index (χ1) is 7.88. The smallest absolute Gasteiger partial charge is 0.117 e. The minimum Gasteiger partial charge on any atom is -0.316 e. The van der Waals surface area contributed by atoms with Crippen molar-refractivity contribution in [2.75, 3.05) is 0 Å². The third-order valence-corrected chi connectivity index (χ3v) is 4.43. The summed E-state index contributed by atoms with van der Waals surface area (Å²) < 4.78 is 0. The summed E-state index contributed by atoms with van der Waals surface area (Å²) in [6.45, 7) is 8.45. The molecule has 5 heteroatoms. The van der Waals surface area contributed by atoms with Crippen LogP contribution in [0.25, 0.3) is 0 Å². The van der Waals surface area contributed by atoms with Crippen molar-refractivity contribution in [3.05, 3.63) is 32.2 Å². The van der Waals surface area contributed by atoms with Crippen LogP contribution < -0.4 is 5.73 Å². The summed E-state index contributed by atoms with van der Waals surface area (Å²) in [5.74, 6) is 0. The predicted octanol–water partition coefficient (Wildman–Crippen LogP) is 3.25. The second kappa shape index (κ2) is 4.48. The molecule has 2 aromatic rings. The van der Waals surface area contributed by atoms with Gasteiger partial charge in [-0.3, -0.25) is 0 Å². The van der Waals surface area contributed by atoms with Crippen molar-refractivity contribution in [3.8, 4) is 0 Å². The van der Waals surface area contributed by atoms with E-state index in [9.17, 15) is 0 Å². The SMILES string of the molecule is Cc1csc(C(N)c2nc(C(C)(C)C)cs2)n1. The largest absolute Gasteiger partial charge is 0.316 e. The molecule has 0 aromatic carbocycles. The number of rotatable bonds is 2.